The van der Waals surface area contributed by atoms with Crippen LogP contribution in [0.4, 0.5) is 0 Å². The molecule has 19 heavy (non-hydrogen) atoms. The van der Waals surface area contributed by atoms with Gasteiger partial charge in [0, 0.05) is 18.7 Å². The fourth-order valence-corrected chi connectivity index (χ4v) is 4.39. The van der Waals surface area contributed by atoms with Crippen molar-refractivity contribution in [2.45, 2.75) is 63.1 Å². The van der Waals surface area contributed by atoms with Gasteiger partial charge in [-0.1, -0.05) is 6.42 Å². The predicted octanol–water partition coefficient (Wildman–Crippen LogP) is 1.17. The number of hydrogen-bond donors (Lipinski definition) is 2. The zero-order chi connectivity index (χ0) is 13.0. The van der Waals surface area contributed by atoms with Crippen LogP contribution in [0.2, 0.25) is 0 Å². The molecule has 3 N–H and O–H groups in total. The first kappa shape index (κ1) is 17.2. The Bertz CT molecular complexity index is 358. The quantitative estimate of drug-likeness (QED) is 0.816. The molecular formula is C12H25ClN2O3S. The van der Waals surface area contributed by atoms with Crippen molar-refractivity contribution in [3.8, 4) is 0 Å². The van der Waals surface area contributed by atoms with Crippen molar-refractivity contribution in [1.82, 2.24) is 4.72 Å². The van der Waals surface area contributed by atoms with Crippen LogP contribution in [0.15, 0.2) is 0 Å². The molecule has 0 spiro atoms. The highest BCUT2D eigenvalue weighted by Crippen LogP contribution is 2.19. The van der Waals surface area contributed by atoms with Crippen LogP contribution in [0.25, 0.3) is 0 Å². The topological polar surface area (TPSA) is 81.4 Å². The lowest BCUT2D eigenvalue weighted by molar-refractivity contribution is 0.0303. The summed E-state index contributed by atoms with van der Waals surface area (Å²) in [6.45, 7) is 0.689. The lowest BCUT2D eigenvalue weighted by Crippen LogP contribution is -2.44. The van der Waals surface area contributed by atoms with E-state index in [1.165, 1.54) is 0 Å². The van der Waals surface area contributed by atoms with Crippen molar-refractivity contribution in [3.05, 3.63) is 0 Å². The second-order valence-corrected chi connectivity index (χ2v) is 7.31. The predicted molar refractivity (Wildman–Crippen MR) is 78.0 cm³/mol. The van der Waals surface area contributed by atoms with Crippen LogP contribution < -0.4 is 10.5 Å². The summed E-state index contributed by atoms with van der Waals surface area (Å²) in [7, 11) is -3.23. The van der Waals surface area contributed by atoms with E-state index >= 15 is 0 Å². The van der Waals surface area contributed by atoms with Gasteiger partial charge in [-0.25, -0.2) is 13.1 Å². The second kappa shape index (κ2) is 7.78. The van der Waals surface area contributed by atoms with Crippen LogP contribution in [0.3, 0.4) is 0 Å². The largest absolute Gasteiger partial charge is 0.377 e. The fraction of sp³-hybridized carbons (Fsp3) is 1.00. The zero-order valence-corrected chi connectivity index (χ0v) is 12.8. The van der Waals surface area contributed by atoms with Crippen molar-refractivity contribution in [3.63, 3.8) is 0 Å². The lowest BCUT2D eigenvalue weighted by Gasteiger charge is -2.28. The maximum Gasteiger partial charge on any atom is 0.214 e. The number of nitrogens with two attached hydrogens (primary N) is 1. The van der Waals surface area contributed by atoms with Crippen LogP contribution in [0.1, 0.15) is 44.9 Å². The van der Waals surface area contributed by atoms with E-state index in [0.29, 0.717) is 6.61 Å². The molecule has 1 saturated heterocycles. The molecule has 0 aromatic carbocycles. The third kappa shape index (κ3) is 5.95. The lowest BCUT2D eigenvalue weighted by atomic mass is 9.92. The highest BCUT2D eigenvalue weighted by molar-refractivity contribution is 7.89. The Balaban J connectivity index is 0.00000180. The normalized spacial score (nSPS) is 32.6. The molecule has 2 aliphatic rings. The molecule has 1 aliphatic carbocycles. The molecule has 0 amide bonds. The third-order valence-corrected chi connectivity index (χ3v) is 5.24. The van der Waals surface area contributed by atoms with E-state index in [1.807, 2.05) is 0 Å². The Kier molecular flexibility index (Phi) is 7.04. The summed E-state index contributed by atoms with van der Waals surface area (Å²) in [5.74, 6) is 0.0960. The van der Waals surface area contributed by atoms with Crippen LogP contribution in [-0.2, 0) is 14.8 Å². The smallest absolute Gasteiger partial charge is 0.214 e. The van der Waals surface area contributed by atoms with Gasteiger partial charge >= 0.3 is 0 Å². The third-order valence-electron chi connectivity index (χ3n) is 3.74. The molecule has 0 radical (unpaired) electrons. The van der Waals surface area contributed by atoms with E-state index in [2.05, 4.69) is 4.72 Å². The molecule has 0 bridgehead atoms. The van der Waals surface area contributed by atoms with E-state index in [9.17, 15) is 8.42 Å². The van der Waals surface area contributed by atoms with Gasteiger partial charge in [-0.05, 0) is 38.5 Å². The minimum atomic E-state index is -3.23. The van der Waals surface area contributed by atoms with Crippen LogP contribution in [0.5, 0.6) is 0 Å². The number of sulfonamides is 1. The summed E-state index contributed by atoms with van der Waals surface area (Å²) in [6.07, 6.45) is 6.50. The molecule has 0 aromatic rings. The van der Waals surface area contributed by atoms with Gasteiger partial charge in [0.2, 0.25) is 10.0 Å². The van der Waals surface area contributed by atoms with E-state index < -0.39 is 10.0 Å². The summed E-state index contributed by atoms with van der Waals surface area (Å²) >= 11 is 0. The van der Waals surface area contributed by atoms with Gasteiger partial charge < -0.3 is 10.5 Å². The van der Waals surface area contributed by atoms with Crippen molar-refractivity contribution >= 4 is 22.4 Å². The van der Waals surface area contributed by atoms with Gasteiger partial charge in [0.25, 0.3) is 0 Å². The average molecular weight is 313 g/mol. The molecule has 0 aromatic heterocycles. The molecule has 1 heterocycles. The zero-order valence-electron chi connectivity index (χ0n) is 11.2. The Labute approximate surface area is 122 Å². The van der Waals surface area contributed by atoms with Gasteiger partial charge in [0.1, 0.15) is 0 Å². The fourth-order valence-electron chi connectivity index (χ4n) is 2.82. The molecule has 7 heteroatoms. The second-order valence-electron chi connectivity index (χ2n) is 5.51. The first-order valence-electron chi connectivity index (χ1n) is 6.92. The van der Waals surface area contributed by atoms with Gasteiger partial charge in [0.05, 0.1) is 11.9 Å². The van der Waals surface area contributed by atoms with Gasteiger partial charge in [0.15, 0.2) is 0 Å². The van der Waals surface area contributed by atoms with Gasteiger partial charge in [-0.15, -0.1) is 12.4 Å². The number of ether oxygens (including phenoxy) is 1. The molecular weight excluding hydrogens is 288 g/mol. The Morgan fingerprint density at radius 3 is 2.58 bits per heavy atom. The van der Waals surface area contributed by atoms with Crippen LogP contribution in [-0.4, -0.2) is 39.0 Å². The van der Waals surface area contributed by atoms with Crippen molar-refractivity contribution in [2.75, 3.05) is 12.4 Å². The Morgan fingerprint density at radius 1 is 1.16 bits per heavy atom. The number of nitrogens with one attached hydrogen (secondary N) is 1. The molecule has 1 saturated carbocycles. The molecule has 2 rings (SSSR count). The van der Waals surface area contributed by atoms with Gasteiger partial charge in [-0.3, -0.25) is 0 Å². The molecule has 3 unspecified atom stereocenters. The first-order chi connectivity index (χ1) is 8.55. The number of rotatable bonds is 4. The van der Waals surface area contributed by atoms with E-state index in [0.717, 1.165) is 44.9 Å². The summed E-state index contributed by atoms with van der Waals surface area (Å²) in [5.41, 5.74) is 5.87. The Hall–Kier alpha value is 0.120. The molecule has 1 aliphatic heterocycles. The van der Waals surface area contributed by atoms with Crippen molar-refractivity contribution in [2.24, 2.45) is 5.73 Å². The van der Waals surface area contributed by atoms with Crippen LogP contribution >= 0.6 is 12.4 Å². The van der Waals surface area contributed by atoms with Crippen molar-refractivity contribution < 1.29 is 13.2 Å². The summed E-state index contributed by atoms with van der Waals surface area (Å²) in [4.78, 5) is 0. The van der Waals surface area contributed by atoms with Crippen LogP contribution in [0, 0.1) is 0 Å². The maximum atomic E-state index is 12.0. The average Bonchev–Trinajstić information content (AvgIpc) is 2.28. The minimum Gasteiger partial charge on any atom is -0.377 e. The SMILES string of the molecule is Cl.NC1CCCC(NS(=O)(=O)CC2CCCCO2)C1. The highest BCUT2D eigenvalue weighted by Gasteiger charge is 2.27. The summed E-state index contributed by atoms with van der Waals surface area (Å²) in [6, 6.07) is 0.153. The summed E-state index contributed by atoms with van der Waals surface area (Å²) in [5, 5.41) is 0. The van der Waals surface area contributed by atoms with E-state index in [4.69, 9.17) is 10.5 Å². The molecule has 3 atom stereocenters. The monoisotopic (exact) mass is 312 g/mol. The minimum absolute atomic E-state index is 0. The van der Waals surface area contributed by atoms with E-state index in [-0.39, 0.29) is 36.3 Å². The molecule has 2 fully saturated rings. The van der Waals surface area contributed by atoms with Crippen molar-refractivity contribution in [1.29, 1.82) is 0 Å². The summed E-state index contributed by atoms with van der Waals surface area (Å²) < 4.78 is 32.3. The number of hydrogen-bond acceptors (Lipinski definition) is 4. The standard InChI is InChI=1S/C12H24N2O3S.ClH/c13-10-4-3-5-11(8-10)14-18(15,16)9-12-6-1-2-7-17-12;/h10-12,14H,1-9,13H2;1H. The molecule has 114 valence electrons. The highest BCUT2D eigenvalue weighted by atomic mass is 35.5. The Morgan fingerprint density at radius 2 is 1.95 bits per heavy atom. The maximum absolute atomic E-state index is 12.0. The number of halogens is 1. The van der Waals surface area contributed by atoms with E-state index in [1.54, 1.807) is 0 Å². The first-order valence-corrected chi connectivity index (χ1v) is 8.57. The van der Waals surface area contributed by atoms with Gasteiger partial charge in [-0.2, -0.15) is 0 Å². The molecule has 5 nitrogen and oxygen atoms in total.